The third-order valence-electron chi connectivity index (χ3n) is 5.01. The third-order valence-corrected chi connectivity index (χ3v) is 5.01. The number of hydrogen-bond donors (Lipinski definition) is 2. The van der Waals surface area contributed by atoms with Crippen LogP contribution in [0.2, 0.25) is 0 Å². The summed E-state index contributed by atoms with van der Waals surface area (Å²) in [6.07, 6.45) is 3.54. The Morgan fingerprint density at radius 1 is 1.26 bits per heavy atom. The zero-order chi connectivity index (χ0) is 17.0. The molecule has 0 spiro atoms. The molecule has 2 atom stereocenters. The van der Waals surface area contributed by atoms with Crippen LogP contribution in [0.25, 0.3) is 0 Å². The number of rotatable bonds is 6. The van der Waals surface area contributed by atoms with Crippen molar-refractivity contribution in [1.82, 2.24) is 5.32 Å². The zero-order valence-corrected chi connectivity index (χ0v) is 14.0. The minimum Gasteiger partial charge on any atom is -0.497 e. The first-order valence-electron chi connectivity index (χ1n) is 8.09. The Morgan fingerprint density at radius 2 is 1.91 bits per heavy atom. The first-order chi connectivity index (χ1) is 10.9. The lowest BCUT2D eigenvalue weighted by Crippen LogP contribution is -2.49. The summed E-state index contributed by atoms with van der Waals surface area (Å²) in [5.74, 6) is -0.875. The van der Waals surface area contributed by atoms with E-state index in [1.807, 2.05) is 24.3 Å². The topological polar surface area (TPSA) is 75.6 Å². The van der Waals surface area contributed by atoms with Gasteiger partial charge in [0.25, 0.3) is 0 Å². The maximum Gasteiger partial charge on any atom is 0.308 e. The molecule has 0 aliphatic heterocycles. The molecule has 0 aromatic heterocycles. The molecule has 0 bridgehead atoms. The van der Waals surface area contributed by atoms with Crippen LogP contribution in [0.1, 0.15) is 45.1 Å². The standard InChI is InChI=1S/C18H25NO4/c1-12(16(20)21)13(2)19-17(22)18(9-4-5-10-18)14-7-6-8-15(11-14)23-3/h6-8,11-13H,4-5,9-10H2,1-3H3,(H,19,22)(H,20,21). The smallest absolute Gasteiger partial charge is 0.308 e. The minimum atomic E-state index is -0.903. The molecule has 126 valence electrons. The molecule has 1 amide bonds. The predicted octanol–water partition coefficient (Wildman–Crippen LogP) is 2.73. The highest BCUT2D eigenvalue weighted by molar-refractivity contribution is 5.89. The van der Waals surface area contributed by atoms with Crippen LogP contribution in [-0.4, -0.2) is 30.1 Å². The lowest BCUT2D eigenvalue weighted by Gasteiger charge is -2.31. The molecule has 1 fully saturated rings. The molecule has 1 aliphatic carbocycles. The number of carbonyl (C=O) groups excluding carboxylic acids is 1. The molecule has 0 radical (unpaired) electrons. The largest absolute Gasteiger partial charge is 0.497 e. The van der Waals surface area contributed by atoms with Crippen LogP contribution in [0, 0.1) is 5.92 Å². The first-order valence-corrected chi connectivity index (χ1v) is 8.09. The number of hydrogen-bond acceptors (Lipinski definition) is 3. The van der Waals surface area contributed by atoms with Crippen molar-refractivity contribution in [1.29, 1.82) is 0 Å². The number of carbonyl (C=O) groups is 2. The summed E-state index contributed by atoms with van der Waals surface area (Å²) in [4.78, 5) is 24.1. The Kier molecular flexibility index (Phi) is 5.29. The van der Waals surface area contributed by atoms with E-state index in [9.17, 15) is 9.59 Å². The number of carboxylic acids is 1. The number of carboxylic acid groups (broad SMARTS) is 1. The molecule has 5 nitrogen and oxygen atoms in total. The van der Waals surface area contributed by atoms with Crippen LogP contribution in [-0.2, 0) is 15.0 Å². The summed E-state index contributed by atoms with van der Waals surface area (Å²) >= 11 is 0. The number of benzene rings is 1. The normalized spacial score (nSPS) is 18.9. The highest BCUT2D eigenvalue weighted by Crippen LogP contribution is 2.42. The molecule has 1 aliphatic rings. The van der Waals surface area contributed by atoms with Crippen LogP contribution in [0.15, 0.2) is 24.3 Å². The van der Waals surface area contributed by atoms with E-state index in [1.54, 1.807) is 21.0 Å². The lowest BCUT2D eigenvalue weighted by atomic mass is 9.77. The second kappa shape index (κ2) is 7.02. The maximum absolute atomic E-state index is 13.0. The molecule has 1 aromatic rings. The molecule has 5 heteroatoms. The van der Waals surface area contributed by atoms with Crippen LogP contribution in [0.5, 0.6) is 5.75 Å². The second-order valence-electron chi connectivity index (χ2n) is 6.41. The van der Waals surface area contributed by atoms with Crippen molar-refractivity contribution < 1.29 is 19.4 Å². The van der Waals surface area contributed by atoms with E-state index >= 15 is 0 Å². The van der Waals surface area contributed by atoms with Crippen molar-refractivity contribution in [2.45, 2.75) is 51.0 Å². The molecule has 0 heterocycles. The highest BCUT2D eigenvalue weighted by atomic mass is 16.5. The van der Waals surface area contributed by atoms with Gasteiger partial charge < -0.3 is 15.2 Å². The van der Waals surface area contributed by atoms with Gasteiger partial charge in [-0.2, -0.15) is 0 Å². The average molecular weight is 319 g/mol. The van der Waals surface area contributed by atoms with E-state index in [2.05, 4.69) is 5.32 Å². The highest BCUT2D eigenvalue weighted by Gasteiger charge is 2.43. The van der Waals surface area contributed by atoms with Crippen molar-refractivity contribution in [3.05, 3.63) is 29.8 Å². The zero-order valence-electron chi connectivity index (χ0n) is 14.0. The molecular weight excluding hydrogens is 294 g/mol. The summed E-state index contributed by atoms with van der Waals surface area (Å²) in [7, 11) is 1.61. The van der Waals surface area contributed by atoms with E-state index in [0.717, 1.165) is 37.0 Å². The number of aliphatic carboxylic acids is 1. The van der Waals surface area contributed by atoms with Crippen LogP contribution in [0.4, 0.5) is 0 Å². The Labute approximate surface area is 137 Å². The van der Waals surface area contributed by atoms with Crippen LogP contribution in [0.3, 0.4) is 0 Å². The SMILES string of the molecule is COc1cccc(C2(C(=O)NC(C)C(C)C(=O)O)CCCC2)c1. The lowest BCUT2D eigenvalue weighted by molar-refractivity contribution is -0.142. The van der Waals surface area contributed by atoms with Gasteiger partial charge in [-0.3, -0.25) is 9.59 Å². The molecule has 1 saturated carbocycles. The van der Waals surface area contributed by atoms with Crippen molar-refractivity contribution >= 4 is 11.9 Å². The molecule has 2 rings (SSSR count). The first kappa shape index (κ1) is 17.3. The van der Waals surface area contributed by atoms with Gasteiger partial charge in [0.2, 0.25) is 5.91 Å². The third kappa shape index (κ3) is 3.49. The van der Waals surface area contributed by atoms with E-state index in [0.29, 0.717) is 0 Å². The van der Waals surface area contributed by atoms with Crippen molar-refractivity contribution in [3.8, 4) is 5.75 Å². The van der Waals surface area contributed by atoms with Gasteiger partial charge in [0.15, 0.2) is 0 Å². The summed E-state index contributed by atoms with van der Waals surface area (Å²) in [5, 5.41) is 12.0. The average Bonchev–Trinajstić information content (AvgIpc) is 3.05. The van der Waals surface area contributed by atoms with Gasteiger partial charge in [-0.1, -0.05) is 25.0 Å². The van der Waals surface area contributed by atoms with Gasteiger partial charge in [0.05, 0.1) is 18.4 Å². The summed E-state index contributed by atoms with van der Waals surface area (Å²) in [6.45, 7) is 3.35. The van der Waals surface area contributed by atoms with Crippen molar-refractivity contribution in [2.75, 3.05) is 7.11 Å². The second-order valence-corrected chi connectivity index (χ2v) is 6.41. The van der Waals surface area contributed by atoms with Gasteiger partial charge >= 0.3 is 5.97 Å². The number of methoxy groups -OCH3 is 1. The summed E-state index contributed by atoms with van der Waals surface area (Å²) < 4.78 is 5.28. The maximum atomic E-state index is 13.0. The summed E-state index contributed by atoms with van der Waals surface area (Å²) in [5.41, 5.74) is 0.364. The fourth-order valence-corrected chi connectivity index (χ4v) is 3.23. The van der Waals surface area contributed by atoms with Gasteiger partial charge in [0.1, 0.15) is 5.75 Å². The fourth-order valence-electron chi connectivity index (χ4n) is 3.23. The Bertz CT molecular complexity index is 578. The fraction of sp³-hybridized carbons (Fsp3) is 0.556. The van der Waals surface area contributed by atoms with Crippen molar-refractivity contribution in [3.63, 3.8) is 0 Å². The van der Waals surface area contributed by atoms with Crippen LogP contribution >= 0.6 is 0 Å². The van der Waals surface area contributed by atoms with Gasteiger partial charge in [-0.25, -0.2) is 0 Å². The molecular formula is C18H25NO4. The number of ether oxygens (including phenoxy) is 1. The molecule has 2 N–H and O–H groups in total. The number of nitrogens with one attached hydrogen (secondary N) is 1. The van der Waals surface area contributed by atoms with Crippen molar-refractivity contribution in [2.24, 2.45) is 5.92 Å². The molecule has 23 heavy (non-hydrogen) atoms. The number of amides is 1. The molecule has 0 saturated heterocycles. The molecule has 2 unspecified atom stereocenters. The minimum absolute atomic E-state index is 0.0798. The Balaban J connectivity index is 2.26. The Morgan fingerprint density at radius 3 is 2.48 bits per heavy atom. The quantitative estimate of drug-likeness (QED) is 0.845. The van der Waals surface area contributed by atoms with Gasteiger partial charge in [-0.15, -0.1) is 0 Å². The molecule has 1 aromatic carbocycles. The Hall–Kier alpha value is -2.04. The summed E-state index contributed by atoms with van der Waals surface area (Å²) in [6, 6.07) is 7.21. The van der Waals surface area contributed by atoms with Gasteiger partial charge in [0, 0.05) is 6.04 Å². The van der Waals surface area contributed by atoms with E-state index in [4.69, 9.17) is 9.84 Å². The predicted molar refractivity (Wildman–Crippen MR) is 87.5 cm³/mol. The van der Waals surface area contributed by atoms with E-state index in [-0.39, 0.29) is 5.91 Å². The van der Waals surface area contributed by atoms with Gasteiger partial charge in [-0.05, 0) is 44.4 Å². The van der Waals surface area contributed by atoms with Crippen LogP contribution < -0.4 is 10.1 Å². The monoisotopic (exact) mass is 319 g/mol. The van der Waals surface area contributed by atoms with E-state index in [1.165, 1.54) is 0 Å². The van der Waals surface area contributed by atoms with E-state index < -0.39 is 23.3 Å².